The summed E-state index contributed by atoms with van der Waals surface area (Å²) in [6.45, 7) is 1.09. The molecule has 0 aromatic heterocycles. The van der Waals surface area contributed by atoms with Crippen LogP contribution in [0.5, 0.6) is 5.75 Å². The third kappa shape index (κ3) is 4.03. The van der Waals surface area contributed by atoms with Crippen LogP contribution in [0.15, 0.2) is 59.5 Å². The Hall–Kier alpha value is -1.89. The minimum absolute atomic E-state index is 0.122. The van der Waals surface area contributed by atoms with E-state index in [1.54, 1.807) is 37.4 Å². The van der Waals surface area contributed by atoms with Gasteiger partial charge in [-0.2, -0.15) is 8.42 Å². The van der Waals surface area contributed by atoms with Crippen LogP contribution in [0.2, 0.25) is 0 Å². The van der Waals surface area contributed by atoms with Crippen LogP contribution in [0.25, 0.3) is 0 Å². The average Bonchev–Trinajstić information content (AvgIpc) is 3.01. The maximum atomic E-state index is 12.3. The third-order valence-electron chi connectivity index (χ3n) is 4.70. The molecule has 5 nitrogen and oxygen atoms in total. The van der Waals surface area contributed by atoms with Gasteiger partial charge in [-0.3, -0.25) is 9.08 Å². The van der Waals surface area contributed by atoms with E-state index < -0.39 is 10.1 Å². The SMILES string of the molecule is COc1ccc([C@H]2[C@H](COS(=O)(=O)c3ccccc3)CCN2C)cc1. The second-order valence-electron chi connectivity index (χ2n) is 6.30. The van der Waals surface area contributed by atoms with E-state index in [-0.39, 0.29) is 23.5 Å². The van der Waals surface area contributed by atoms with Gasteiger partial charge in [0.15, 0.2) is 0 Å². The Balaban J connectivity index is 1.72. The lowest BCUT2D eigenvalue weighted by Gasteiger charge is -2.25. The zero-order chi connectivity index (χ0) is 17.9. The van der Waals surface area contributed by atoms with E-state index in [1.807, 2.05) is 24.3 Å². The number of nitrogens with zero attached hydrogens (tertiary/aromatic N) is 1. The first kappa shape index (κ1) is 17.9. The summed E-state index contributed by atoms with van der Waals surface area (Å²) in [5.41, 5.74) is 1.14. The van der Waals surface area contributed by atoms with E-state index in [9.17, 15) is 8.42 Å². The summed E-state index contributed by atoms with van der Waals surface area (Å²) in [4.78, 5) is 2.44. The van der Waals surface area contributed by atoms with Crippen molar-refractivity contribution >= 4 is 10.1 Å². The Morgan fingerprint density at radius 1 is 1.08 bits per heavy atom. The first-order valence-electron chi connectivity index (χ1n) is 8.30. The monoisotopic (exact) mass is 361 g/mol. The predicted octanol–water partition coefficient (Wildman–Crippen LogP) is 3.09. The molecule has 2 atom stereocenters. The lowest BCUT2D eigenvalue weighted by Crippen LogP contribution is -2.24. The second kappa shape index (κ2) is 7.56. The molecule has 2 aromatic carbocycles. The van der Waals surface area contributed by atoms with Gasteiger partial charge in [0.25, 0.3) is 10.1 Å². The van der Waals surface area contributed by atoms with E-state index >= 15 is 0 Å². The first-order chi connectivity index (χ1) is 12.0. The molecule has 0 saturated carbocycles. The summed E-state index contributed by atoms with van der Waals surface area (Å²) in [5, 5.41) is 0. The molecule has 1 fully saturated rings. The molecule has 0 bridgehead atoms. The maximum Gasteiger partial charge on any atom is 0.296 e. The van der Waals surface area contributed by atoms with Crippen molar-refractivity contribution in [1.29, 1.82) is 0 Å². The number of likely N-dealkylation sites (tertiary alicyclic amines) is 1. The largest absolute Gasteiger partial charge is 0.497 e. The highest BCUT2D eigenvalue weighted by molar-refractivity contribution is 7.86. The molecule has 1 aliphatic rings. The molecule has 0 aliphatic carbocycles. The van der Waals surface area contributed by atoms with Crippen LogP contribution in [-0.2, 0) is 14.3 Å². The number of hydrogen-bond donors (Lipinski definition) is 0. The van der Waals surface area contributed by atoms with Gasteiger partial charge in [-0.25, -0.2) is 0 Å². The molecular weight excluding hydrogens is 338 g/mol. The molecule has 0 amide bonds. The van der Waals surface area contributed by atoms with E-state index in [1.165, 1.54) is 0 Å². The predicted molar refractivity (Wildman–Crippen MR) is 96.1 cm³/mol. The van der Waals surface area contributed by atoms with Crippen molar-refractivity contribution in [1.82, 2.24) is 4.90 Å². The molecule has 1 saturated heterocycles. The van der Waals surface area contributed by atoms with Gasteiger partial charge in [0, 0.05) is 12.0 Å². The van der Waals surface area contributed by atoms with Crippen LogP contribution >= 0.6 is 0 Å². The van der Waals surface area contributed by atoms with E-state index in [0.717, 1.165) is 24.3 Å². The standard InChI is InChI=1S/C19H23NO4S/c1-20-13-12-16(19(20)15-8-10-17(23-2)11-9-15)14-24-25(21,22)18-6-4-3-5-7-18/h3-11,16,19H,12-14H2,1-2H3/t16-,19-/m0/s1. The molecular formula is C19H23NO4S. The number of ether oxygens (including phenoxy) is 1. The second-order valence-corrected chi connectivity index (χ2v) is 7.91. The van der Waals surface area contributed by atoms with Crippen molar-refractivity contribution in [3.8, 4) is 5.75 Å². The Morgan fingerprint density at radius 3 is 2.40 bits per heavy atom. The van der Waals surface area contributed by atoms with Gasteiger partial charge in [0.2, 0.25) is 0 Å². The average molecular weight is 361 g/mol. The molecule has 0 N–H and O–H groups in total. The van der Waals surface area contributed by atoms with Gasteiger partial charge in [0.05, 0.1) is 18.6 Å². The number of methoxy groups -OCH3 is 1. The quantitative estimate of drug-likeness (QED) is 0.740. The summed E-state index contributed by atoms with van der Waals surface area (Å²) in [5.74, 6) is 0.931. The molecule has 1 heterocycles. The fourth-order valence-corrected chi connectivity index (χ4v) is 4.34. The van der Waals surface area contributed by atoms with Crippen molar-refractivity contribution in [2.45, 2.75) is 17.4 Å². The molecule has 2 aromatic rings. The van der Waals surface area contributed by atoms with Gasteiger partial charge >= 0.3 is 0 Å². The lowest BCUT2D eigenvalue weighted by molar-refractivity contribution is 0.202. The lowest BCUT2D eigenvalue weighted by atomic mass is 9.94. The molecule has 6 heteroatoms. The molecule has 0 unspecified atom stereocenters. The highest BCUT2D eigenvalue weighted by Crippen LogP contribution is 2.37. The van der Waals surface area contributed by atoms with Crippen LogP contribution < -0.4 is 4.74 Å². The maximum absolute atomic E-state index is 12.3. The van der Waals surface area contributed by atoms with E-state index in [2.05, 4.69) is 11.9 Å². The van der Waals surface area contributed by atoms with Crippen LogP contribution in [0.4, 0.5) is 0 Å². The normalized spacial score (nSPS) is 21.4. The van der Waals surface area contributed by atoms with Crippen molar-refractivity contribution in [2.75, 3.05) is 27.3 Å². The van der Waals surface area contributed by atoms with Gasteiger partial charge < -0.3 is 4.74 Å². The van der Waals surface area contributed by atoms with Crippen LogP contribution in [-0.4, -0.2) is 40.6 Å². The molecule has 0 spiro atoms. The third-order valence-corrected chi connectivity index (χ3v) is 6.00. The van der Waals surface area contributed by atoms with Crippen molar-refractivity contribution in [3.05, 3.63) is 60.2 Å². The van der Waals surface area contributed by atoms with E-state index in [4.69, 9.17) is 8.92 Å². The summed E-state index contributed by atoms with van der Waals surface area (Å²) >= 11 is 0. The van der Waals surface area contributed by atoms with Gasteiger partial charge in [-0.15, -0.1) is 0 Å². The summed E-state index contributed by atoms with van der Waals surface area (Å²) in [6.07, 6.45) is 0.900. The smallest absolute Gasteiger partial charge is 0.296 e. The summed E-state index contributed by atoms with van der Waals surface area (Å²) in [7, 11) is -0.0232. The number of rotatable bonds is 6. The fraction of sp³-hybridized carbons (Fsp3) is 0.368. The minimum atomic E-state index is -3.72. The van der Waals surface area contributed by atoms with Crippen LogP contribution in [0, 0.1) is 5.92 Å². The van der Waals surface area contributed by atoms with Gasteiger partial charge in [0.1, 0.15) is 5.75 Å². The van der Waals surface area contributed by atoms with Crippen LogP contribution in [0.3, 0.4) is 0 Å². The Morgan fingerprint density at radius 2 is 1.76 bits per heavy atom. The highest BCUT2D eigenvalue weighted by Gasteiger charge is 2.34. The minimum Gasteiger partial charge on any atom is -0.497 e. The number of hydrogen-bond acceptors (Lipinski definition) is 5. The van der Waals surface area contributed by atoms with Crippen molar-refractivity contribution < 1.29 is 17.3 Å². The Kier molecular flexibility index (Phi) is 5.42. The summed E-state index contributed by atoms with van der Waals surface area (Å²) < 4.78 is 35.3. The van der Waals surface area contributed by atoms with Crippen molar-refractivity contribution in [3.63, 3.8) is 0 Å². The first-order valence-corrected chi connectivity index (χ1v) is 9.71. The molecule has 3 rings (SSSR count). The zero-order valence-electron chi connectivity index (χ0n) is 14.5. The topological polar surface area (TPSA) is 55.8 Å². The fourth-order valence-electron chi connectivity index (χ4n) is 3.36. The molecule has 25 heavy (non-hydrogen) atoms. The molecule has 0 radical (unpaired) electrons. The Labute approximate surface area is 149 Å². The highest BCUT2D eigenvalue weighted by atomic mass is 32.2. The van der Waals surface area contributed by atoms with Gasteiger partial charge in [-0.05, 0) is 49.8 Å². The zero-order valence-corrected chi connectivity index (χ0v) is 15.3. The number of benzene rings is 2. The van der Waals surface area contributed by atoms with Gasteiger partial charge in [-0.1, -0.05) is 30.3 Å². The summed E-state index contributed by atoms with van der Waals surface area (Å²) in [6, 6.07) is 16.3. The Bertz CT molecular complexity index is 790. The molecule has 134 valence electrons. The molecule has 1 aliphatic heterocycles. The van der Waals surface area contributed by atoms with Crippen LogP contribution in [0.1, 0.15) is 18.0 Å². The van der Waals surface area contributed by atoms with E-state index in [0.29, 0.717) is 0 Å². The van der Waals surface area contributed by atoms with Crippen molar-refractivity contribution in [2.24, 2.45) is 5.92 Å².